The quantitative estimate of drug-likeness (QED) is 0.911. The van der Waals surface area contributed by atoms with Gasteiger partial charge >= 0.3 is 5.97 Å². The summed E-state index contributed by atoms with van der Waals surface area (Å²) < 4.78 is 18.8. The normalized spacial score (nSPS) is 19.0. The number of likely N-dealkylation sites (tertiary alicyclic amines) is 1. The number of nitrogens with zero attached hydrogens (tertiary/aromatic N) is 1. The van der Waals surface area contributed by atoms with Crippen molar-refractivity contribution in [3.05, 3.63) is 29.6 Å². The number of carboxylic acids is 1. The van der Waals surface area contributed by atoms with Crippen LogP contribution in [0.2, 0.25) is 0 Å². The van der Waals surface area contributed by atoms with E-state index in [0.29, 0.717) is 17.7 Å². The van der Waals surface area contributed by atoms with Gasteiger partial charge in [-0.1, -0.05) is 6.07 Å². The molecule has 1 amide bonds. The molecular formula is C14H16FNO4. The number of benzene rings is 1. The van der Waals surface area contributed by atoms with Crippen LogP contribution in [0.5, 0.6) is 5.75 Å². The van der Waals surface area contributed by atoms with Crippen molar-refractivity contribution in [2.45, 2.75) is 19.4 Å². The maximum atomic E-state index is 13.8. The SMILES string of the molecule is COc1ccc(CN2CC(C(=O)O)CCC2=O)c(F)c1. The van der Waals surface area contributed by atoms with Gasteiger partial charge in [0.15, 0.2) is 0 Å². The fraction of sp³-hybridized carbons (Fsp3) is 0.429. The average molecular weight is 281 g/mol. The van der Waals surface area contributed by atoms with E-state index in [-0.39, 0.29) is 25.4 Å². The zero-order valence-electron chi connectivity index (χ0n) is 11.1. The van der Waals surface area contributed by atoms with E-state index in [1.54, 1.807) is 12.1 Å². The average Bonchev–Trinajstić information content (AvgIpc) is 2.42. The molecule has 1 atom stereocenters. The van der Waals surface area contributed by atoms with Gasteiger partial charge in [0.05, 0.1) is 13.0 Å². The van der Waals surface area contributed by atoms with Gasteiger partial charge in [0.2, 0.25) is 5.91 Å². The lowest BCUT2D eigenvalue weighted by Gasteiger charge is -2.30. The van der Waals surface area contributed by atoms with Crippen molar-refractivity contribution >= 4 is 11.9 Å². The van der Waals surface area contributed by atoms with Crippen LogP contribution in [0.4, 0.5) is 4.39 Å². The molecule has 20 heavy (non-hydrogen) atoms. The van der Waals surface area contributed by atoms with E-state index >= 15 is 0 Å². The molecule has 0 spiro atoms. The van der Waals surface area contributed by atoms with Crippen molar-refractivity contribution in [2.75, 3.05) is 13.7 Å². The zero-order chi connectivity index (χ0) is 14.7. The molecule has 0 saturated carbocycles. The molecule has 6 heteroatoms. The number of aliphatic carboxylic acids is 1. The minimum absolute atomic E-state index is 0.0818. The Morgan fingerprint density at radius 2 is 2.30 bits per heavy atom. The molecule has 1 aromatic carbocycles. The Kier molecular flexibility index (Phi) is 4.22. The smallest absolute Gasteiger partial charge is 0.308 e. The number of carbonyl (C=O) groups is 2. The lowest BCUT2D eigenvalue weighted by molar-refractivity contribution is -0.147. The van der Waals surface area contributed by atoms with Crippen LogP contribution in [-0.2, 0) is 16.1 Å². The summed E-state index contributed by atoms with van der Waals surface area (Å²) in [5.41, 5.74) is 0.352. The number of rotatable bonds is 4. The lowest BCUT2D eigenvalue weighted by Crippen LogP contribution is -2.42. The monoisotopic (exact) mass is 281 g/mol. The first-order chi connectivity index (χ1) is 9.51. The molecule has 1 aromatic rings. The van der Waals surface area contributed by atoms with E-state index in [0.717, 1.165) is 0 Å². The summed E-state index contributed by atoms with van der Waals surface area (Å²) in [4.78, 5) is 24.2. The number of ether oxygens (including phenoxy) is 1. The second-order valence-electron chi connectivity index (χ2n) is 4.81. The van der Waals surface area contributed by atoms with Gasteiger partial charge in [-0.05, 0) is 12.5 Å². The van der Waals surface area contributed by atoms with Crippen LogP contribution in [-0.4, -0.2) is 35.5 Å². The molecule has 1 aliphatic rings. The van der Waals surface area contributed by atoms with E-state index in [9.17, 15) is 14.0 Å². The highest BCUT2D eigenvalue weighted by Gasteiger charge is 2.30. The van der Waals surface area contributed by atoms with Crippen LogP contribution >= 0.6 is 0 Å². The minimum Gasteiger partial charge on any atom is -0.497 e. The third-order valence-corrected chi connectivity index (χ3v) is 3.47. The van der Waals surface area contributed by atoms with Gasteiger partial charge in [-0.2, -0.15) is 0 Å². The molecule has 1 N–H and O–H groups in total. The van der Waals surface area contributed by atoms with E-state index in [4.69, 9.17) is 9.84 Å². The molecule has 0 aliphatic carbocycles. The Hall–Kier alpha value is -2.11. The van der Waals surface area contributed by atoms with Crippen molar-refractivity contribution in [2.24, 2.45) is 5.92 Å². The molecule has 1 heterocycles. The number of carboxylic acid groups (broad SMARTS) is 1. The Morgan fingerprint density at radius 3 is 2.90 bits per heavy atom. The van der Waals surface area contributed by atoms with Crippen LogP contribution in [0, 0.1) is 11.7 Å². The van der Waals surface area contributed by atoms with Gasteiger partial charge in [-0.3, -0.25) is 9.59 Å². The van der Waals surface area contributed by atoms with Crippen LogP contribution in [0.1, 0.15) is 18.4 Å². The molecule has 5 nitrogen and oxygen atoms in total. The molecule has 1 unspecified atom stereocenters. The van der Waals surface area contributed by atoms with Crippen LogP contribution in [0.25, 0.3) is 0 Å². The van der Waals surface area contributed by atoms with E-state index < -0.39 is 17.7 Å². The van der Waals surface area contributed by atoms with Crippen LogP contribution in [0.15, 0.2) is 18.2 Å². The number of hydrogen-bond acceptors (Lipinski definition) is 3. The van der Waals surface area contributed by atoms with Gasteiger partial charge < -0.3 is 14.7 Å². The maximum absolute atomic E-state index is 13.8. The summed E-state index contributed by atoms with van der Waals surface area (Å²) in [7, 11) is 1.44. The molecule has 0 radical (unpaired) electrons. The first-order valence-electron chi connectivity index (χ1n) is 6.34. The Balaban J connectivity index is 2.11. The van der Waals surface area contributed by atoms with Crippen molar-refractivity contribution in [1.29, 1.82) is 0 Å². The predicted molar refractivity (Wildman–Crippen MR) is 68.7 cm³/mol. The fourth-order valence-corrected chi connectivity index (χ4v) is 2.26. The topological polar surface area (TPSA) is 66.8 Å². The lowest BCUT2D eigenvalue weighted by atomic mass is 9.97. The van der Waals surface area contributed by atoms with Crippen LogP contribution < -0.4 is 4.74 Å². The van der Waals surface area contributed by atoms with Gasteiger partial charge in [-0.25, -0.2) is 4.39 Å². The summed E-state index contributed by atoms with van der Waals surface area (Å²) >= 11 is 0. The van der Waals surface area contributed by atoms with E-state index in [2.05, 4.69) is 0 Å². The molecule has 0 aromatic heterocycles. The Bertz CT molecular complexity index is 532. The summed E-state index contributed by atoms with van der Waals surface area (Å²) in [6, 6.07) is 4.41. The first-order valence-corrected chi connectivity index (χ1v) is 6.34. The number of piperidine rings is 1. The highest BCUT2D eigenvalue weighted by atomic mass is 19.1. The molecule has 0 bridgehead atoms. The van der Waals surface area contributed by atoms with Crippen molar-refractivity contribution in [1.82, 2.24) is 4.90 Å². The Labute approximate surface area is 116 Å². The van der Waals surface area contributed by atoms with Crippen LogP contribution in [0.3, 0.4) is 0 Å². The molecular weight excluding hydrogens is 265 g/mol. The van der Waals surface area contributed by atoms with Gasteiger partial charge in [-0.15, -0.1) is 0 Å². The van der Waals surface area contributed by atoms with Crippen molar-refractivity contribution in [3.8, 4) is 5.75 Å². The second-order valence-corrected chi connectivity index (χ2v) is 4.81. The largest absolute Gasteiger partial charge is 0.497 e. The number of amides is 1. The number of methoxy groups -OCH3 is 1. The van der Waals surface area contributed by atoms with E-state index in [1.807, 2.05) is 0 Å². The second kappa shape index (κ2) is 5.90. The minimum atomic E-state index is -0.919. The van der Waals surface area contributed by atoms with Gasteiger partial charge in [0, 0.05) is 31.1 Å². The van der Waals surface area contributed by atoms with E-state index in [1.165, 1.54) is 18.1 Å². The summed E-state index contributed by atoms with van der Waals surface area (Å²) in [6.45, 7) is 0.206. The number of hydrogen-bond donors (Lipinski definition) is 1. The molecule has 1 aliphatic heterocycles. The highest BCUT2D eigenvalue weighted by molar-refractivity contribution is 5.80. The predicted octanol–water partition coefficient (Wildman–Crippen LogP) is 1.66. The maximum Gasteiger partial charge on any atom is 0.308 e. The Morgan fingerprint density at radius 1 is 1.55 bits per heavy atom. The molecule has 1 fully saturated rings. The zero-order valence-corrected chi connectivity index (χ0v) is 11.1. The van der Waals surface area contributed by atoms with Crippen molar-refractivity contribution in [3.63, 3.8) is 0 Å². The van der Waals surface area contributed by atoms with Gasteiger partial charge in [0.25, 0.3) is 0 Å². The summed E-state index contributed by atoms with van der Waals surface area (Å²) in [6.07, 6.45) is 0.532. The third-order valence-electron chi connectivity index (χ3n) is 3.47. The first kappa shape index (κ1) is 14.3. The molecule has 2 rings (SSSR count). The van der Waals surface area contributed by atoms with Crippen molar-refractivity contribution < 1.29 is 23.8 Å². The summed E-state index contributed by atoms with van der Waals surface area (Å²) in [5, 5.41) is 9.00. The number of carbonyl (C=O) groups excluding carboxylic acids is 1. The third kappa shape index (κ3) is 3.07. The van der Waals surface area contributed by atoms with Gasteiger partial charge in [0.1, 0.15) is 11.6 Å². The standard InChI is InChI=1S/C14H16FNO4/c1-20-11-4-2-9(12(15)6-11)7-16-8-10(14(18)19)3-5-13(16)17/h2,4,6,10H,3,5,7-8H2,1H3,(H,18,19). The highest BCUT2D eigenvalue weighted by Crippen LogP contribution is 2.22. The molecule has 1 saturated heterocycles. The summed E-state index contributed by atoms with van der Waals surface area (Å²) in [5.74, 6) is -1.70. The fourth-order valence-electron chi connectivity index (χ4n) is 2.26. The molecule has 108 valence electrons. The number of halogens is 1.